The Bertz CT molecular complexity index is 1250. The lowest BCUT2D eigenvalue weighted by atomic mass is 10.0. The first kappa shape index (κ1) is 24.5. The Morgan fingerprint density at radius 2 is 1.62 bits per heavy atom. The fourth-order valence-corrected chi connectivity index (χ4v) is 4.87. The summed E-state index contributed by atoms with van der Waals surface area (Å²) in [4.78, 5) is 29.5. The number of hydrogen-bond acceptors (Lipinski definition) is 6. The fraction of sp³-hybridized carbons (Fsp3) is 0.310. The van der Waals surface area contributed by atoms with E-state index in [9.17, 15) is 14.7 Å². The second-order valence-electron chi connectivity index (χ2n) is 9.22. The zero-order valence-corrected chi connectivity index (χ0v) is 20.7. The molecule has 1 saturated carbocycles. The molecular weight excluding hydrogens is 472 g/mol. The second-order valence-corrected chi connectivity index (χ2v) is 9.22. The number of nitrogens with one attached hydrogen (secondary N) is 1. The molecule has 37 heavy (non-hydrogen) atoms. The maximum Gasteiger partial charge on any atom is 0.259 e. The zero-order chi connectivity index (χ0) is 25.8. The Morgan fingerprint density at radius 1 is 0.946 bits per heavy atom. The molecule has 1 heterocycles. The van der Waals surface area contributed by atoms with Crippen LogP contribution in [0.5, 0.6) is 23.0 Å². The van der Waals surface area contributed by atoms with Crippen LogP contribution in [0.15, 0.2) is 66.7 Å². The monoisotopic (exact) mass is 502 g/mol. The van der Waals surface area contributed by atoms with Gasteiger partial charge in [0.25, 0.3) is 5.91 Å². The van der Waals surface area contributed by atoms with Crippen molar-refractivity contribution < 1.29 is 28.9 Å². The number of aromatic hydroxyl groups is 1. The van der Waals surface area contributed by atoms with E-state index in [-0.39, 0.29) is 23.6 Å². The molecule has 1 aliphatic heterocycles. The van der Waals surface area contributed by atoms with Crippen LogP contribution in [0.2, 0.25) is 0 Å². The van der Waals surface area contributed by atoms with Gasteiger partial charge in [0.2, 0.25) is 5.91 Å². The molecule has 2 amide bonds. The van der Waals surface area contributed by atoms with Crippen molar-refractivity contribution in [2.75, 3.05) is 25.2 Å². The van der Waals surface area contributed by atoms with Crippen LogP contribution in [-0.2, 0) is 4.79 Å². The van der Waals surface area contributed by atoms with Crippen molar-refractivity contribution in [2.45, 2.75) is 37.8 Å². The molecule has 0 bridgehead atoms. The van der Waals surface area contributed by atoms with Crippen LogP contribution >= 0.6 is 0 Å². The maximum absolute atomic E-state index is 14.2. The normalized spacial score (nSPS) is 15.6. The van der Waals surface area contributed by atoms with Crippen LogP contribution in [0, 0.1) is 0 Å². The molecule has 2 aliphatic rings. The van der Waals surface area contributed by atoms with Gasteiger partial charge < -0.3 is 24.6 Å². The molecule has 2 N–H and O–H groups in total. The minimum absolute atomic E-state index is 0.0641. The van der Waals surface area contributed by atoms with Crippen molar-refractivity contribution in [3.05, 3.63) is 77.9 Å². The number of rotatable bonds is 7. The molecule has 0 unspecified atom stereocenters. The van der Waals surface area contributed by atoms with E-state index in [2.05, 4.69) is 5.32 Å². The Balaban J connectivity index is 1.59. The van der Waals surface area contributed by atoms with E-state index in [0.29, 0.717) is 47.3 Å². The van der Waals surface area contributed by atoms with Gasteiger partial charge in [-0.25, -0.2) is 0 Å². The van der Waals surface area contributed by atoms with Crippen molar-refractivity contribution >= 4 is 17.5 Å². The third kappa shape index (κ3) is 5.33. The van der Waals surface area contributed by atoms with Crippen molar-refractivity contribution in [2.24, 2.45) is 0 Å². The Morgan fingerprint density at radius 3 is 2.30 bits per heavy atom. The number of amides is 2. The molecular formula is C29H30N2O6. The van der Waals surface area contributed by atoms with Gasteiger partial charge in [0.1, 0.15) is 30.8 Å². The summed E-state index contributed by atoms with van der Waals surface area (Å²) < 4.78 is 16.6. The number of anilines is 1. The summed E-state index contributed by atoms with van der Waals surface area (Å²) >= 11 is 0. The first-order valence-electron chi connectivity index (χ1n) is 12.5. The summed E-state index contributed by atoms with van der Waals surface area (Å²) in [5.74, 6) is 1.12. The predicted octanol–water partition coefficient (Wildman–Crippen LogP) is 4.62. The number of fused-ring (bicyclic) bond motifs is 1. The van der Waals surface area contributed by atoms with E-state index in [0.717, 1.165) is 25.7 Å². The van der Waals surface area contributed by atoms with Gasteiger partial charge in [-0.3, -0.25) is 14.5 Å². The van der Waals surface area contributed by atoms with Gasteiger partial charge in [0.15, 0.2) is 11.5 Å². The van der Waals surface area contributed by atoms with E-state index >= 15 is 0 Å². The highest BCUT2D eigenvalue weighted by Crippen LogP contribution is 2.35. The zero-order valence-electron chi connectivity index (χ0n) is 20.7. The standard InChI is InChI=1S/C29H30N2O6/c1-35-24-13-9-22(10-14-24)31(29(34)20-8-15-25-26(18-20)37-17-16-36-25)27(19-6-11-23(32)12-7-19)28(33)30-21-4-2-3-5-21/h6-15,18,21,27,32H,2-5,16-17H2,1H3,(H,30,33)/t27-/m1/s1. The number of nitrogens with zero attached hydrogens (tertiary/aromatic N) is 1. The second kappa shape index (κ2) is 10.8. The van der Waals surface area contributed by atoms with Crippen LogP contribution < -0.4 is 24.4 Å². The van der Waals surface area contributed by atoms with Gasteiger partial charge in [0, 0.05) is 17.3 Å². The summed E-state index contributed by atoms with van der Waals surface area (Å²) in [6.45, 7) is 0.843. The van der Waals surface area contributed by atoms with Crippen molar-refractivity contribution in [3.8, 4) is 23.0 Å². The lowest BCUT2D eigenvalue weighted by Crippen LogP contribution is -2.46. The highest BCUT2D eigenvalue weighted by molar-refractivity contribution is 6.10. The molecule has 0 spiro atoms. The van der Waals surface area contributed by atoms with Crippen LogP contribution in [0.1, 0.15) is 47.6 Å². The minimum atomic E-state index is -0.977. The van der Waals surface area contributed by atoms with Gasteiger partial charge >= 0.3 is 0 Å². The van der Waals surface area contributed by atoms with Gasteiger partial charge in [-0.2, -0.15) is 0 Å². The molecule has 3 aromatic carbocycles. The highest BCUT2D eigenvalue weighted by atomic mass is 16.6. The molecule has 1 aliphatic carbocycles. The van der Waals surface area contributed by atoms with Gasteiger partial charge in [-0.15, -0.1) is 0 Å². The predicted molar refractivity (Wildman–Crippen MR) is 138 cm³/mol. The number of methoxy groups -OCH3 is 1. The summed E-state index contributed by atoms with van der Waals surface area (Å²) in [5, 5.41) is 13.1. The molecule has 8 nitrogen and oxygen atoms in total. The Labute approximate surface area is 215 Å². The SMILES string of the molecule is COc1ccc(N(C(=O)c2ccc3c(c2)OCCO3)[C@@H](C(=O)NC2CCCC2)c2ccc(O)cc2)cc1. The largest absolute Gasteiger partial charge is 0.508 e. The Hall–Kier alpha value is -4.20. The van der Waals surface area contributed by atoms with Crippen LogP contribution in [-0.4, -0.2) is 43.3 Å². The molecule has 0 aromatic heterocycles. The lowest BCUT2D eigenvalue weighted by Gasteiger charge is -2.33. The number of carbonyl (C=O) groups is 2. The van der Waals surface area contributed by atoms with E-state index < -0.39 is 6.04 Å². The average Bonchev–Trinajstić information content (AvgIpc) is 3.45. The van der Waals surface area contributed by atoms with E-state index in [4.69, 9.17) is 14.2 Å². The number of hydrogen-bond donors (Lipinski definition) is 2. The molecule has 1 atom stereocenters. The molecule has 0 saturated heterocycles. The molecule has 1 fully saturated rings. The third-order valence-corrected chi connectivity index (χ3v) is 6.78. The third-order valence-electron chi connectivity index (χ3n) is 6.78. The van der Waals surface area contributed by atoms with Gasteiger partial charge in [-0.1, -0.05) is 25.0 Å². The number of phenols is 1. The average molecular weight is 503 g/mol. The van der Waals surface area contributed by atoms with Crippen LogP contribution in [0.3, 0.4) is 0 Å². The number of benzene rings is 3. The number of ether oxygens (including phenoxy) is 3. The topological polar surface area (TPSA) is 97.3 Å². The van der Waals surface area contributed by atoms with Gasteiger partial charge in [-0.05, 0) is 73.0 Å². The first-order chi connectivity index (χ1) is 18.0. The Kier molecular flexibility index (Phi) is 7.16. The van der Waals surface area contributed by atoms with Crippen molar-refractivity contribution in [1.82, 2.24) is 5.32 Å². The number of phenolic OH excluding ortho intramolecular Hbond substituents is 1. The molecule has 8 heteroatoms. The molecule has 3 aromatic rings. The van der Waals surface area contributed by atoms with Crippen molar-refractivity contribution in [1.29, 1.82) is 0 Å². The summed E-state index contributed by atoms with van der Waals surface area (Å²) in [5.41, 5.74) is 1.47. The highest BCUT2D eigenvalue weighted by Gasteiger charge is 2.35. The fourth-order valence-electron chi connectivity index (χ4n) is 4.87. The quantitative estimate of drug-likeness (QED) is 0.489. The summed E-state index contributed by atoms with van der Waals surface area (Å²) in [6, 6.07) is 17.5. The summed E-state index contributed by atoms with van der Waals surface area (Å²) in [6.07, 6.45) is 3.94. The number of carbonyl (C=O) groups excluding carboxylic acids is 2. The maximum atomic E-state index is 14.2. The van der Waals surface area contributed by atoms with Crippen LogP contribution in [0.4, 0.5) is 5.69 Å². The van der Waals surface area contributed by atoms with Crippen molar-refractivity contribution in [3.63, 3.8) is 0 Å². The first-order valence-corrected chi connectivity index (χ1v) is 12.5. The van der Waals surface area contributed by atoms with Crippen LogP contribution in [0.25, 0.3) is 0 Å². The van der Waals surface area contributed by atoms with E-state index in [1.807, 2.05) is 0 Å². The molecule has 5 rings (SSSR count). The molecule has 0 radical (unpaired) electrons. The molecule has 192 valence electrons. The summed E-state index contributed by atoms with van der Waals surface area (Å²) in [7, 11) is 1.57. The minimum Gasteiger partial charge on any atom is -0.508 e. The van der Waals surface area contributed by atoms with Gasteiger partial charge in [0.05, 0.1) is 7.11 Å². The smallest absolute Gasteiger partial charge is 0.259 e. The van der Waals surface area contributed by atoms with E-state index in [1.165, 1.54) is 17.0 Å². The van der Waals surface area contributed by atoms with E-state index in [1.54, 1.807) is 61.7 Å². The lowest BCUT2D eigenvalue weighted by molar-refractivity contribution is -0.123.